The van der Waals surface area contributed by atoms with Gasteiger partial charge in [-0.2, -0.15) is 0 Å². The molecule has 3 atom stereocenters. The van der Waals surface area contributed by atoms with Crippen LogP contribution in [0.1, 0.15) is 42.1 Å². The molecule has 0 aromatic heterocycles. The van der Waals surface area contributed by atoms with E-state index in [2.05, 4.69) is 10.6 Å². The molecule has 1 fully saturated rings. The molecule has 2 aliphatic heterocycles. The first-order valence-corrected chi connectivity index (χ1v) is 13.0. The van der Waals surface area contributed by atoms with E-state index in [1.807, 2.05) is 0 Å². The highest BCUT2D eigenvalue weighted by Gasteiger charge is 2.49. The third-order valence-corrected chi connectivity index (χ3v) is 7.51. The van der Waals surface area contributed by atoms with Crippen molar-refractivity contribution in [2.45, 2.75) is 43.9 Å². The van der Waals surface area contributed by atoms with Gasteiger partial charge in [-0.25, -0.2) is 14.0 Å². The molecule has 2 aromatic rings. The first-order valence-electron chi connectivity index (χ1n) is 12.6. The number of carbonyl (C=O) groups excluding carboxylic acids is 3. The average molecular weight is 577 g/mol. The number of benzene rings is 2. The summed E-state index contributed by atoms with van der Waals surface area (Å²) in [6, 6.07) is 7.69. The van der Waals surface area contributed by atoms with Crippen molar-refractivity contribution in [3.05, 3.63) is 58.4 Å². The summed E-state index contributed by atoms with van der Waals surface area (Å²) < 4.78 is 26.2. The van der Waals surface area contributed by atoms with Crippen LogP contribution in [0.15, 0.2) is 36.4 Å². The van der Waals surface area contributed by atoms with Gasteiger partial charge >= 0.3 is 12.2 Å². The zero-order valence-corrected chi connectivity index (χ0v) is 23.0. The number of hydrogen-bond acceptors (Lipinski definition) is 6. The van der Waals surface area contributed by atoms with Crippen molar-refractivity contribution < 1.29 is 38.1 Å². The molecule has 0 aliphatic carbocycles. The molecule has 13 heteroatoms. The number of nitrogens with one attached hydrogen (secondary N) is 2. The first-order chi connectivity index (χ1) is 19.0. The Morgan fingerprint density at radius 1 is 1.27 bits per heavy atom. The van der Waals surface area contributed by atoms with Crippen LogP contribution in [-0.4, -0.2) is 73.4 Å². The van der Waals surface area contributed by atoms with E-state index < -0.39 is 47.6 Å². The number of hydrogen-bond donors (Lipinski definition) is 3. The molecule has 1 saturated heterocycles. The van der Waals surface area contributed by atoms with E-state index >= 15 is 4.39 Å². The Hall–Kier alpha value is -3.90. The van der Waals surface area contributed by atoms with Gasteiger partial charge in [-0.15, -0.1) is 0 Å². The maximum Gasteiger partial charge on any atom is 0.412 e. The number of fused-ring (bicyclic) bond motifs is 2. The van der Waals surface area contributed by atoms with E-state index in [1.54, 1.807) is 6.92 Å². The Morgan fingerprint density at radius 2 is 1.98 bits per heavy atom. The molecule has 2 aromatic carbocycles. The highest BCUT2D eigenvalue weighted by molar-refractivity contribution is 6.31. The summed E-state index contributed by atoms with van der Waals surface area (Å²) in [5.41, 5.74) is -0.559. The lowest BCUT2D eigenvalue weighted by Crippen LogP contribution is -2.57. The predicted octanol–water partition coefficient (Wildman–Crippen LogP) is 4.20. The number of ether oxygens (including phenoxy) is 2. The molecular formula is C27H30ClFN4O7. The predicted molar refractivity (Wildman–Crippen MR) is 144 cm³/mol. The summed E-state index contributed by atoms with van der Waals surface area (Å²) in [4.78, 5) is 53.0. The van der Waals surface area contributed by atoms with Crippen molar-refractivity contribution in [1.29, 1.82) is 0 Å². The fourth-order valence-corrected chi connectivity index (χ4v) is 5.18. The highest BCUT2D eigenvalue weighted by atomic mass is 35.5. The van der Waals surface area contributed by atoms with E-state index in [1.165, 1.54) is 55.5 Å². The van der Waals surface area contributed by atoms with Crippen molar-refractivity contribution in [3.8, 4) is 0 Å². The Morgan fingerprint density at radius 3 is 2.62 bits per heavy atom. The minimum absolute atomic E-state index is 0.0781. The zero-order chi connectivity index (χ0) is 29.2. The van der Waals surface area contributed by atoms with Gasteiger partial charge in [0.25, 0.3) is 5.91 Å². The van der Waals surface area contributed by atoms with Crippen molar-refractivity contribution in [2.24, 2.45) is 0 Å². The van der Waals surface area contributed by atoms with Gasteiger partial charge in [0.2, 0.25) is 5.91 Å². The Labute approximate surface area is 235 Å². The van der Waals surface area contributed by atoms with Crippen molar-refractivity contribution >= 4 is 47.0 Å². The summed E-state index contributed by atoms with van der Waals surface area (Å²) in [6.07, 6.45) is -1.49. The number of methoxy groups -OCH3 is 1. The largest absolute Gasteiger partial charge is 0.465 e. The molecule has 0 unspecified atom stereocenters. The minimum Gasteiger partial charge on any atom is -0.465 e. The van der Waals surface area contributed by atoms with E-state index in [4.69, 9.17) is 26.2 Å². The first kappa shape index (κ1) is 29.1. The standard InChI is InChI=1S/C27H30ClFN4O7/c1-15(39-3)13-20(30-23(34)16-5-7-17(8-6-16)32(2)26(37)38)24(35)33-12-4-11-27(14-33)21-19(31-25(36)40-27)10-9-18(28)22(21)29/h5-10,15,20H,4,11-14H2,1-3H3,(H,30,34)(H,31,36)(H,37,38)/t15-,20+,27+/m1/s1. The number of carbonyl (C=O) groups is 4. The number of likely N-dealkylation sites (tertiary alicyclic amines) is 1. The molecule has 4 rings (SSSR count). The smallest absolute Gasteiger partial charge is 0.412 e. The topological polar surface area (TPSA) is 138 Å². The van der Waals surface area contributed by atoms with Gasteiger partial charge in [-0.05, 0) is 56.2 Å². The Kier molecular flexibility index (Phi) is 8.50. The molecule has 3 N–H and O–H groups in total. The molecule has 0 saturated carbocycles. The summed E-state index contributed by atoms with van der Waals surface area (Å²) in [5.74, 6) is -1.73. The molecule has 0 bridgehead atoms. The molecule has 214 valence electrons. The van der Waals surface area contributed by atoms with Crippen LogP contribution in [0.5, 0.6) is 0 Å². The zero-order valence-electron chi connectivity index (χ0n) is 22.2. The molecule has 4 amide bonds. The van der Waals surface area contributed by atoms with E-state index in [0.717, 1.165) is 4.90 Å². The maximum absolute atomic E-state index is 15.3. The third-order valence-electron chi connectivity index (χ3n) is 7.22. The molecule has 11 nitrogen and oxygen atoms in total. The summed E-state index contributed by atoms with van der Waals surface area (Å²) in [6.45, 7) is 1.92. The molecule has 2 aliphatic rings. The second-order valence-corrected chi connectivity index (χ2v) is 10.3. The second-order valence-electron chi connectivity index (χ2n) is 9.85. The van der Waals surface area contributed by atoms with Crippen LogP contribution in [0.4, 0.5) is 25.4 Å². The number of nitrogens with zero attached hydrogens (tertiary/aromatic N) is 2. The second kappa shape index (κ2) is 11.7. The van der Waals surface area contributed by atoms with Gasteiger partial charge in [0, 0.05) is 38.4 Å². The maximum atomic E-state index is 15.3. The number of carboxylic acid groups (broad SMARTS) is 1. The minimum atomic E-state index is -1.45. The van der Waals surface area contributed by atoms with Crippen LogP contribution in [0.25, 0.3) is 0 Å². The summed E-state index contributed by atoms with van der Waals surface area (Å²) in [5, 5.41) is 14.3. The van der Waals surface area contributed by atoms with E-state index in [-0.39, 0.29) is 41.2 Å². The van der Waals surface area contributed by atoms with E-state index in [9.17, 15) is 19.2 Å². The van der Waals surface area contributed by atoms with Crippen LogP contribution in [0, 0.1) is 5.82 Å². The van der Waals surface area contributed by atoms with E-state index in [0.29, 0.717) is 18.7 Å². The monoisotopic (exact) mass is 576 g/mol. The van der Waals surface area contributed by atoms with Crippen LogP contribution >= 0.6 is 11.6 Å². The van der Waals surface area contributed by atoms with Gasteiger partial charge in [-0.1, -0.05) is 11.6 Å². The normalized spacial score (nSPS) is 19.6. The van der Waals surface area contributed by atoms with Crippen LogP contribution in [0.2, 0.25) is 5.02 Å². The molecular weight excluding hydrogens is 547 g/mol. The molecule has 2 heterocycles. The van der Waals surface area contributed by atoms with Crippen LogP contribution in [-0.2, 0) is 19.9 Å². The lowest BCUT2D eigenvalue weighted by molar-refractivity contribution is -0.142. The quantitative estimate of drug-likeness (QED) is 0.449. The Bertz CT molecular complexity index is 1320. The van der Waals surface area contributed by atoms with Gasteiger partial charge in [0.05, 0.1) is 28.9 Å². The third kappa shape index (κ3) is 5.82. The number of rotatable bonds is 7. The highest BCUT2D eigenvalue weighted by Crippen LogP contribution is 2.45. The Balaban J connectivity index is 1.58. The van der Waals surface area contributed by atoms with Crippen molar-refractivity contribution in [1.82, 2.24) is 10.2 Å². The van der Waals surface area contributed by atoms with Crippen molar-refractivity contribution in [3.63, 3.8) is 0 Å². The number of piperidine rings is 1. The molecule has 0 radical (unpaired) electrons. The summed E-state index contributed by atoms with van der Waals surface area (Å²) >= 11 is 6.05. The molecule has 1 spiro atoms. The average Bonchev–Trinajstić information content (AvgIpc) is 2.93. The van der Waals surface area contributed by atoms with Crippen molar-refractivity contribution in [2.75, 3.05) is 37.5 Å². The van der Waals surface area contributed by atoms with Crippen LogP contribution < -0.4 is 15.5 Å². The van der Waals surface area contributed by atoms with Gasteiger partial charge in [-0.3, -0.25) is 19.8 Å². The number of anilines is 2. The number of halogens is 2. The number of amides is 4. The lowest BCUT2D eigenvalue weighted by atomic mass is 9.82. The van der Waals surface area contributed by atoms with Crippen LogP contribution in [0.3, 0.4) is 0 Å². The summed E-state index contributed by atoms with van der Waals surface area (Å²) in [7, 11) is 2.86. The lowest BCUT2D eigenvalue weighted by Gasteiger charge is -2.45. The SMILES string of the molecule is CO[C@H](C)C[C@H](NC(=O)c1ccc(N(C)C(=O)O)cc1)C(=O)N1CCC[C@@]2(C1)OC(=O)Nc1ccc(Cl)c(F)c12. The molecule has 40 heavy (non-hydrogen) atoms. The van der Waals surface area contributed by atoms with Gasteiger partial charge in [0.1, 0.15) is 6.04 Å². The fraction of sp³-hybridized carbons (Fsp3) is 0.407. The van der Waals surface area contributed by atoms with Gasteiger partial charge < -0.3 is 24.8 Å². The fourth-order valence-electron chi connectivity index (χ4n) is 5.02. The van der Waals surface area contributed by atoms with Gasteiger partial charge in [0.15, 0.2) is 11.4 Å².